The van der Waals surface area contributed by atoms with E-state index in [0.29, 0.717) is 26.1 Å². The van der Waals surface area contributed by atoms with E-state index in [9.17, 15) is 9.59 Å². The van der Waals surface area contributed by atoms with Gasteiger partial charge in [-0.2, -0.15) is 0 Å². The van der Waals surface area contributed by atoms with Crippen LogP contribution in [0.5, 0.6) is 0 Å². The first-order chi connectivity index (χ1) is 9.30. The van der Waals surface area contributed by atoms with Crippen LogP contribution in [0.4, 0.5) is 4.79 Å². The molecule has 0 aromatic carbocycles. The molecule has 0 aromatic heterocycles. The van der Waals surface area contributed by atoms with Crippen molar-refractivity contribution in [1.82, 2.24) is 9.80 Å². The van der Waals surface area contributed by atoms with Gasteiger partial charge in [-0.15, -0.1) is 0 Å². The molecule has 2 saturated heterocycles. The number of hydrogen-bond acceptors (Lipinski definition) is 4. The summed E-state index contributed by atoms with van der Waals surface area (Å²) in [5.74, 6) is 0.123. The molecule has 2 aliphatic heterocycles. The van der Waals surface area contributed by atoms with E-state index in [1.165, 1.54) is 0 Å². The zero-order valence-electron chi connectivity index (χ0n) is 12.5. The molecule has 1 N–H and O–H groups in total. The fraction of sp³-hybridized carbons (Fsp3) is 0.857. The minimum Gasteiger partial charge on any atom is -0.444 e. The summed E-state index contributed by atoms with van der Waals surface area (Å²) in [6, 6.07) is 0.0616. The van der Waals surface area contributed by atoms with Crippen molar-refractivity contribution < 1.29 is 19.4 Å². The zero-order chi connectivity index (χ0) is 14.9. The Hall–Kier alpha value is -1.30. The molecule has 0 aromatic rings. The summed E-state index contributed by atoms with van der Waals surface area (Å²) >= 11 is 0. The van der Waals surface area contributed by atoms with E-state index in [0.717, 1.165) is 6.42 Å². The monoisotopic (exact) mass is 284 g/mol. The number of amides is 2. The van der Waals surface area contributed by atoms with Crippen LogP contribution in [0.1, 0.15) is 33.6 Å². The molecule has 2 amide bonds. The molecule has 0 aliphatic carbocycles. The minimum atomic E-state index is -0.499. The van der Waals surface area contributed by atoms with Crippen molar-refractivity contribution >= 4 is 12.0 Å². The molecule has 6 nitrogen and oxygen atoms in total. The van der Waals surface area contributed by atoms with Crippen LogP contribution in [0.15, 0.2) is 0 Å². The van der Waals surface area contributed by atoms with Gasteiger partial charge >= 0.3 is 6.09 Å². The maximum absolute atomic E-state index is 12.0. The van der Waals surface area contributed by atoms with Crippen molar-refractivity contribution in [1.29, 1.82) is 0 Å². The Morgan fingerprint density at radius 1 is 1.40 bits per heavy atom. The number of rotatable bonds is 2. The van der Waals surface area contributed by atoms with Gasteiger partial charge in [0, 0.05) is 38.6 Å². The molecule has 2 aliphatic rings. The Kier molecular flexibility index (Phi) is 4.22. The third-order valence-corrected chi connectivity index (χ3v) is 3.75. The molecule has 2 fully saturated rings. The van der Waals surface area contributed by atoms with E-state index in [4.69, 9.17) is 9.84 Å². The number of nitrogens with zero attached hydrogens (tertiary/aromatic N) is 2. The molecule has 6 heteroatoms. The highest BCUT2D eigenvalue weighted by Gasteiger charge is 2.39. The summed E-state index contributed by atoms with van der Waals surface area (Å²) in [6.07, 6.45) is 0.883. The van der Waals surface area contributed by atoms with Gasteiger partial charge in [-0.05, 0) is 27.2 Å². The molecule has 0 spiro atoms. The molecule has 2 heterocycles. The fourth-order valence-electron chi connectivity index (χ4n) is 2.77. The Morgan fingerprint density at radius 3 is 2.65 bits per heavy atom. The van der Waals surface area contributed by atoms with Gasteiger partial charge in [0.2, 0.25) is 5.91 Å². The van der Waals surface area contributed by atoms with E-state index in [1.54, 1.807) is 4.90 Å². The third kappa shape index (κ3) is 3.42. The zero-order valence-corrected chi connectivity index (χ0v) is 12.5. The second-order valence-electron chi connectivity index (χ2n) is 6.67. The Bertz CT molecular complexity index is 391. The number of carbonyl (C=O) groups is 2. The maximum atomic E-state index is 12.0. The lowest BCUT2D eigenvalue weighted by atomic mass is 10.1. The average molecular weight is 284 g/mol. The number of carbonyl (C=O) groups excluding carboxylic acids is 2. The molecule has 2 atom stereocenters. The van der Waals surface area contributed by atoms with E-state index in [1.807, 2.05) is 25.7 Å². The molecule has 0 bridgehead atoms. The largest absolute Gasteiger partial charge is 0.444 e. The van der Waals surface area contributed by atoms with E-state index >= 15 is 0 Å². The molecular weight excluding hydrogens is 260 g/mol. The van der Waals surface area contributed by atoms with Crippen molar-refractivity contribution in [3.05, 3.63) is 0 Å². The smallest absolute Gasteiger partial charge is 0.410 e. The minimum absolute atomic E-state index is 0.0399. The van der Waals surface area contributed by atoms with Crippen LogP contribution in [0.2, 0.25) is 0 Å². The van der Waals surface area contributed by atoms with E-state index in [-0.39, 0.29) is 30.6 Å². The van der Waals surface area contributed by atoms with Gasteiger partial charge in [-0.1, -0.05) is 0 Å². The Labute approximate surface area is 119 Å². The average Bonchev–Trinajstić information content (AvgIpc) is 2.92. The first-order valence-corrected chi connectivity index (χ1v) is 7.18. The first kappa shape index (κ1) is 15.1. The topological polar surface area (TPSA) is 70.1 Å². The number of hydrogen-bond donors (Lipinski definition) is 1. The summed E-state index contributed by atoms with van der Waals surface area (Å²) in [5, 5.41) is 9.15. The van der Waals surface area contributed by atoms with Crippen LogP contribution in [0.3, 0.4) is 0 Å². The molecule has 2 rings (SSSR count). The Balaban J connectivity index is 1.89. The fourth-order valence-corrected chi connectivity index (χ4v) is 2.77. The molecular formula is C14H24N2O4. The van der Waals surface area contributed by atoms with Gasteiger partial charge in [0.15, 0.2) is 0 Å². The molecule has 20 heavy (non-hydrogen) atoms. The summed E-state index contributed by atoms with van der Waals surface area (Å²) in [5.41, 5.74) is -0.499. The predicted molar refractivity (Wildman–Crippen MR) is 73.1 cm³/mol. The van der Waals surface area contributed by atoms with E-state index in [2.05, 4.69) is 0 Å². The van der Waals surface area contributed by atoms with Crippen LogP contribution < -0.4 is 0 Å². The summed E-state index contributed by atoms with van der Waals surface area (Å²) < 4.78 is 5.35. The second kappa shape index (κ2) is 5.60. The van der Waals surface area contributed by atoms with Crippen molar-refractivity contribution in [3.8, 4) is 0 Å². The van der Waals surface area contributed by atoms with Crippen molar-refractivity contribution in [2.24, 2.45) is 5.92 Å². The number of ether oxygens (including phenoxy) is 1. The number of aliphatic hydroxyl groups is 1. The Morgan fingerprint density at radius 2 is 2.10 bits per heavy atom. The van der Waals surface area contributed by atoms with Crippen molar-refractivity contribution in [3.63, 3.8) is 0 Å². The number of likely N-dealkylation sites (tertiary alicyclic amines) is 2. The van der Waals surface area contributed by atoms with Crippen molar-refractivity contribution in [2.45, 2.75) is 45.3 Å². The standard InChI is InChI=1S/C14H24N2O4/c1-14(2,3)20-13(19)15-5-4-11(8-15)16-7-10(9-17)6-12(16)18/h10-11,17H,4-9H2,1-3H3/t10?,11-/m1/s1. The summed E-state index contributed by atoms with van der Waals surface area (Å²) in [6.45, 7) is 7.32. The van der Waals surface area contributed by atoms with Gasteiger partial charge in [0.1, 0.15) is 5.60 Å². The number of aliphatic hydroxyl groups excluding tert-OH is 1. The molecule has 0 saturated carbocycles. The summed E-state index contributed by atoms with van der Waals surface area (Å²) in [7, 11) is 0. The van der Waals surface area contributed by atoms with Gasteiger partial charge in [-0.3, -0.25) is 4.79 Å². The lowest BCUT2D eigenvalue weighted by Gasteiger charge is -2.26. The van der Waals surface area contributed by atoms with Gasteiger partial charge in [-0.25, -0.2) is 4.79 Å². The predicted octanol–water partition coefficient (Wildman–Crippen LogP) is 0.837. The SMILES string of the molecule is CC(C)(C)OC(=O)N1CC[C@@H](N2CC(CO)CC2=O)C1. The van der Waals surface area contributed by atoms with Crippen LogP contribution in [-0.4, -0.2) is 64.8 Å². The lowest BCUT2D eigenvalue weighted by molar-refractivity contribution is -0.129. The highest BCUT2D eigenvalue weighted by molar-refractivity contribution is 5.79. The molecule has 114 valence electrons. The van der Waals surface area contributed by atoms with Gasteiger partial charge in [0.25, 0.3) is 0 Å². The normalized spacial score (nSPS) is 27.3. The highest BCUT2D eigenvalue weighted by Crippen LogP contribution is 2.25. The van der Waals surface area contributed by atoms with Gasteiger partial charge in [0.05, 0.1) is 6.04 Å². The summed E-state index contributed by atoms with van der Waals surface area (Å²) in [4.78, 5) is 27.4. The molecule has 1 unspecified atom stereocenters. The van der Waals surface area contributed by atoms with Crippen LogP contribution in [-0.2, 0) is 9.53 Å². The van der Waals surface area contributed by atoms with Crippen LogP contribution >= 0.6 is 0 Å². The molecule has 0 radical (unpaired) electrons. The van der Waals surface area contributed by atoms with Crippen molar-refractivity contribution in [2.75, 3.05) is 26.2 Å². The van der Waals surface area contributed by atoms with Gasteiger partial charge < -0.3 is 19.6 Å². The maximum Gasteiger partial charge on any atom is 0.410 e. The van der Waals surface area contributed by atoms with E-state index < -0.39 is 5.60 Å². The lowest BCUT2D eigenvalue weighted by Crippen LogP contribution is -2.41. The quantitative estimate of drug-likeness (QED) is 0.815. The highest BCUT2D eigenvalue weighted by atomic mass is 16.6. The third-order valence-electron chi connectivity index (χ3n) is 3.75. The van der Waals surface area contributed by atoms with Crippen LogP contribution in [0, 0.1) is 5.92 Å². The van der Waals surface area contributed by atoms with Crippen LogP contribution in [0.25, 0.3) is 0 Å². The second-order valence-corrected chi connectivity index (χ2v) is 6.67. The first-order valence-electron chi connectivity index (χ1n) is 7.18.